The third kappa shape index (κ3) is 3.51. The van der Waals surface area contributed by atoms with E-state index < -0.39 is 0 Å². The van der Waals surface area contributed by atoms with Crippen LogP contribution in [0.25, 0.3) is 11.4 Å². The van der Waals surface area contributed by atoms with Crippen molar-refractivity contribution in [1.82, 2.24) is 25.3 Å². The number of ether oxygens (including phenoxy) is 2. The molecule has 2 aliphatic rings. The van der Waals surface area contributed by atoms with Gasteiger partial charge >= 0.3 is 0 Å². The minimum atomic E-state index is -0.0729. The van der Waals surface area contributed by atoms with Gasteiger partial charge in [0.1, 0.15) is 23.9 Å². The fourth-order valence-electron chi connectivity index (χ4n) is 3.95. The summed E-state index contributed by atoms with van der Waals surface area (Å²) >= 11 is 0. The van der Waals surface area contributed by atoms with Gasteiger partial charge in [-0.05, 0) is 29.8 Å². The third-order valence-corrected chi connectivity index (χ3v) is 5.43. The molecule has 146 valence electrons. The zero-order valence-electron chi connectivity index (χ0n) is 15.7. The number of benzene rings is 1. The van der Waals surface area contributed by atoms with Gasteiger partial charge in [-0.15, -0.1) is 5.10 Å². The maximum atomic E-state index is 9.05. The van der Waals surface area contributed by atoms with Gasteiger partial charge in [-0.25, -0.2) is 4.68 Å². The van der Waals surface area contributed by atoms with Crippen LogP contribution in [0.15, 0.2) is 54.9 Å². The van der Waals surface area contributed by atoms with Gasteiger partial charge in [-0.3, -0.25) is 4.98 Å². The van der Waals surface area contributed by atoms with E-state index in [-0.39, 0.29) is 24.3 Å². The Bertz CT molecular complexity index is 1030. The Kier molecular flexibility index (Phi) is 4.77. The average Bonchev–Trinajstić information content (AvgIpc) is 3.50. The van der Waals surface area contributed by atoms with Gasteiger partial charge in [0.15, 0.2) is 0 Å². The van der Waals surface area contributed by atoms with Crippen LogP contribution in [0, 0.1) is 11.3 Å². The molecule has 0 aliphatic carbocycles. The van der Waals surface area contributed by atoms with Gasteiger partial charge in [0.05, 0.1) is 42.8 Å². The van der Waals surface area contributed by atoms with Crippen molar-refractivity contribution in [2.45, 2.75) is 30.8 Å². The van der Waals surface area contributed by atoms with Crippen molar-refractivity contribution >= 4 is 0 Å². The third-order valence-electron chi connectivity index (χ3n) is 5.43. The Hall–Kier alpha value is -3.12. The van der Waals surface area contributed by atoms with Crippen LogP contribution < -0.4 is 5.32 Å². The molecule has 4 atom stereocenters. The molecule has 8 nitrogen and oxygen atoms in total. The highest BCUT2D eigenvalue weighted by atomic mass is 16.6. The van der Waals surface area contributed by atoms with E-state index in [1.165, 1.54) is 0 Å². The van der Waals surface area contributed by atoms with Crippen molar-refractivity contribution in [3.8, 4) is 17.5 Å². The van der Waals surface area contributed by atoms with Gasteiger partial charge in [-0.1, -0.05) is 23.4 Å². The number of hydrogen-bond donors (Lipinski definition) is 1. The van der Waals surface area contributed by atoms with Crippen LogP contribution in [0.4, 0.5) is 0 Å². The zero-order chi connectivity index (χ0) is 19.6. The molecule has 0 bridgehead atoms. The van der Waals surface area contributed by atoms with Crippen LogP contribution in [0.3, 0.4) is 0 Å². The first-order chi connectivity index (χ1) is 14.3. The van der Waals surface area contributed by atoms with E-state index >= 15 is 0 Å². The molecule has 2 fully saturated rings. The summed E-state index contributed by atoms with van der Waals surface area (Å²) in [5.41, 5.74) is 3.26. The van der Waals surface area contributed by atoms with E-state index in [1.807, 2.05) is 47.3 Å². The molecule has 0 saturated carbocycles. The summed E-state index contributed by atoms with van der Waals surface area (Å²) in [6, 6.07) is 15.6. The molecule has 0 radical (unpaired) electrons. The normalized spacial score (nSPS) is 25.6. The van der Waals surface area contributed by atoms with Gasteiger partial charge in [0, 0.05) is 12.7 Å². The lowest BCUT2D eigenvalue weighted by atomic mass is 10.1. The van der Waals surface area contributed by atoms with Gasteiger partial charge in [0.25, 0.3) is 0 Å². The van der Waals surface area contributed by atoms with E-state index in [2.05, 4.69) is 26.7 Å². The molecule has 2 aliphatic heterocycles. The summed E-state index contributed by atoms with van der Waals surface area (Å²) in [5.74, 6) is 0. The summed E-state index contributed by atoms with van der Waals surface area (Å²) in [4.78, 5) is 4.32. The quantitative estimate of drug-likeness (QED) is 0.710. The second-order valence-corrected chi connectivity index (χ2v) is 7.26. The second-order valence-electron chi connectivity index (χ2n) is 7.26. The predicted octanol–water partition coefficient (Wildman–Crippen LogP) is 1.71. The molecule has 4 heterocycles. The topological polar surface area (TPSA) is 97.9 Å². The first-order valence-electron chi connectivity index (χ1n) is 9.61. The first kappa shape index (κ1) is 17.9. The Morgan fingerprint density at radius 1 is 1.10 bits per heavy atom. The highest BCUT2D eigenvalue weighted by molar-refractivity contribution is 5.51. The largest absolute Gasteiger partial charge is 0.371 e. The van der Waals surface area contributed by atoms with Crippen LogP contribution >= 0.6 is 0 Å². The molecule has 3 aromatic rings. The van der Waals surface area contributed by atoms with Crippen LogP contribution in [0.2, 0.25) is 0 Å². The SMILES string of the molecule is N#Cc1cccc(CN[C@H]2CO[C@H]3[C@H]2OC[C@H]3n2cc(-c3ccccn3)nn2)c1. The van der Waals surface area contributed by atoms with Crippen LogP contribution in [0.1, 0.15) is 17.2 Å². The number of pyridine rings is 1. The van der Waals surface area contributed by atoms with Crippen LogP contribution in [0.5, 0.6) is 0 Å². The van der Waals surface area contributed by atoms with Gasteiger partial charge in [0.2, 0.25) is 0 Å². The van der Waals surface area contributed by atoms with Crippen molar-refractivity contribution in [3.05, 3.63) is 66.0 Å². The Balaban J connectivity index is 1.25. The maximum absolute atomic E-state index is 9.05. The number of aromatic nitrogens is 4. The predicted molar refractivity (Wildman–Crippen MR) is 104 cm³/mol. The Morgan fingerprint density at radius 2 is 2.03 bits per heavy atom. The average molecular weight is 388 g/mol. The van der Waals surface area contributed by atoms with Crippen molar-refractivity contribution in [2.24, 2.45) is 0 Å². The molecule has 0 unspecified atom stereocenters. The summed E-state index contributed by atoms with van der Waals surface area (Å²) < 4.78 is 13.9. The number of hydrogen-bond acceptors (Lipinski definition) is 7. The first-order valence-corrected chi connectivity index (χ1v) is 9.61. The van der Waals surface area contributed by atoms with Crippen LogP contribution in [-0.4, -0.2) is 51.4 Å². The van der Waals surface area contributed by atoms with E-state index in [4.69, 9.17) is 14.7 Å². The number of nitrogens with zero attached hydrogens (tertiary/aromatic N) is 5. The monoisotopic (exact) mass is 388 g/mol. The molecule has 5 rings (SSSR count). The lowest BCUT2D eigenvalue weighted by Gasteiger charge is -2.18. The van der Waals surface area contributed by atoms with Crippen molar-refractivity contribution in [3.63, 3.8) is 0 Å². The molecule has 1 aromatic carbocycles. The van der Waals surface area contributed by atoms with E-state index in [0.717, 1.165) is 17.0 Å². The summed E-state index contributed by atoms with van der Waals surface area (Å²) in [6.45, 7) is 1.77. The zero-order valence-corrected chi connectivity index (χ0v) is 15.7. The highest BCUT2D eigenvalue weighted by Crippen LogP contribution is 2.34. The standard InChI is InChI=1S/C21H20N6O2/c22-9-14-4-3-5-15(8-14)10-24-18-12-28-21-19(13-29-20(18)21)27-11-17(25-26-27)16-6-1-2-7-23-16/h1-8,11,18-21,24H,10,12-13H2/t18-,19+,20-,21+/m0/s1. The molecule has 1 N–H and O–H groups in total. The van der Waals surface area contributed by atoms with Gasteiger partial charge in [-0.2, -0.15) is 5.26 Å². The Morgan fingerprint density at radius 3 is 2.90 bits per heavy atom. The molecule has 2 saturated heterocycles. The fourth-order valence-corrected chi connectivity index (χ4v) is 3.95. The van der Waals surface area contributed by atoms with Crippen LogP contribution in [-0.2, 0) is 16.0 Å². The lowest BCUT2D eigenvalue weighted by Crippen LogP contribution is -2.40. The minimum absolute atomic E-state index is 0.0151. The summed E-state index contributed by atoms with van der Waals surface area (Å²) in [6.07, 6.45) is 3.53. The lowest BCUT2D eigenvalue weighted by molar-refractivity contribution is 0.0620. The van der Waals surface area contributed by atoms with E-state index in [0.29, 0.717) is 25.3 Å². The molecule has 2 aromatic heterocycles. The summed E-state index contributed by atoms with van der Waals surface area (Å²) in [5, 5.41) is 21.1. The number of nitrogens with one attached hydrogen (secondary N) is 1. The molecule has 8 heteroatoms. The Labute approximate surface area is 168 Å². The van der Waals surface area contributed by atoms with Crippen molar-refractivity contribution in [1.29, 1.82) is 5.26 Å². The molecular formula is C21H20N6O2. The highest BCUT2D eigenvalue weighted by Gasteiger charge is 2.48. The smallest absolute Gasteiger partial charge is 0.131 e. The van der Waals surface area contributed by atoms with E-state index in [1.54, 1.807) is 12.3 Å². The van der Waals surface area contributed by atoms with Gasteiger partial charge < -0.3 is 14.8 Å². The number of fused-ring (bicyclic) bond motifs is 1. The summed E-state index contributed by atoms with van der Waals surface area (Å²) in [7, 11) is 0. The second kappa shape index (κ2) is 7.72. The molecule has 0 spiro atoms. The van der Waals surface area contributed by atoms with Crippen molar-refractivity contribution < 1.29 is 9.47 Å². The van der Waals surface area contributed by atoms with Crippen molar-refractivity contribution in [2.75, 3.05) is 13.2 Å². The molecule has 0 amide bonds. The molecular weight excluding hydrogens is 368 g/mol. The minimum Gasteiger partial charge on any atom is -0.371 e. The van der Waals surface area contributed by atoms with E-state index in [9.17, 15) is 0 Å². The number of rotatable bonds is 5. The molecule has 29 heavy (non-hydrogen) atoms. The number of nitriles is 1. The maximum Gasteiger partial charge on any atom is 0.131 e. The fraction of sp³-hybridized carbons (Fsp3) is 0.333.